The summed E-state index contributed by atoms with van der Waals surface area (Å²) in [5.74, 6) is 0.335. The van der Waals surface area contributed by atoms with Crippen molar-refractivity contribution in [1.29, 1.82) is 0 Å². The van der Waals surface area contributed by atoms with Gasteiger partial charge in [0.1, 0.15) is 23.9 Å². The number of carbonyl (C=O) groups is 1. The van der Waals surface area contributed by atoms with Gasteiger partial charge in [-0.1, -0.05) is 17.7 Å². The molecule has 0 aliphatic carbocycles. The fraction of sp³-hybridized carbons (Fsp3) is 0.188. The van der Waals surface area contributed by atoms with Gasteiger partial charge in [0.05, 0.1) is 12.7 Å². The Morgan fingerprint density at radius 3 is 2.62 bits per heavy atom. The van der Waals surface area contributed by atoms with Crippen LogP contribution in [-0.4, -0.2) is 12.9 Å². The van der Waals surface area contributed by atoms with Gasteiger partial charge in [-0.15, -0.1) is 0 Å². The third kappa shape index (κ3) is 3.73. The van der Waals surface area contributed by atoms with E-state index in [4.69, 9.17) is 21.1 Å². The van der Waals surface area contributed by atoms with E-state index in [0.717, 1.165) is 0 Å². The molecule has 0 heterocycles. The summed E-state index contributed by atoms with van der Waals surface area (Å²) in [6.07, 6.45) is 0. The van der Waals surface area contributed by atoms with Crippen LogP contribution in [0.2, 0.25) is 5.02 Å². The fourth-order valence-corrected chi connectivity index (χ4v) is 1.99. The maximum Gasteiger partial charge on any atom is 0.163 e. The highest BCUT2D eigenvalue weighted by Gasteiger charge is 2.11. The lowest BCUT2D eigenvalue weighted by molar-refractivity contribution is 0.101. The second-order valence-electron chi connectivity index (χ2n) is 4.44. The summed E-state index contributed by atoms with van der Waals surface area (Å²) >= 11 is 5.70. The maximum absolute atomic E-state index is 13.7. The molecule has 3 nitrogen and oxygen atoms in total. The van der Waals surface area contributed by atoms with E-state index in [0.29, 0.717) is 27.6 Å². The van der Waals surface area contributed by atoms with Crippen LogP contribution >= 0.6 is 11.6 Å². The van der Waals surface area contributed by atoms with Crippen molar-refractivity contribution in [2.24, 2.45) is 0 Å². The molecule has 0 bridgehead atoms. The summed E-state index contributed by atoms with van der Waals surface area (Å²) in [5, 5.41) is 0.321. The van der Waals surface area contributed by atoms with E-state index in [-0.39, 0.29) is 12.4 Å². The van der Waals surface area contributed by atoms with Gasteiger partial charge in [0.2, 0.25) is 0 Å². The topological polar surface area (TPSA) is 35.5 Å². The van der Waals surface area contributed by atoms with Gasteiger partial charge in [-0.2, -0.15) is 0 Å². The number of rotatable bonds is 5. The van der Waals surface area contributed by atoms with E-state index >= 15 is 0 Å². The van der Waals surface area contributed by atoms with Crippen LogP contribution in [0, 0.1) is 5.82 Å². The molecule has 0 fully saturated rings. The Hall–Kier alpha value is -2.07. The molecule has 2 rings (SSSR count). The van der Waals surface area contributed by atoms with E-state index < -0.39 is 5.82 Å². The zero-order chi connectivity index (χ0) is 15.4. The van der Waals surface area contributed by atoms with Crippen LogP contribution in [0.3, 0.4) is 0 Å². The van der Waals surface area contributed by atoms with E-state index in [2.05, 4.69) is 0 Å². The number of Topliss-reactive ketones (excluding diaryl/α,β-unsaturated/α-hetero) is 1. The molecule has 0 saturated carbocycles. The van der Waals surface area contributed by atoms with Gasteiger partial charge in [0, 0.05) is 16.7 Å². The molecule has 0 atom stereocenters. The minimum Gasteiger partial charge on any atom is -0.497 e. The Labute approximate surface area is 127 Å². The highest BCUT2D eigenvalue weighted by Crippen LogP contribution is 2.26. The molecule has 5 heteroatoms. The summed E-state index contributed by atoms with van der Waals surface area (Å²) in [5.41, 5.74) is 0.780. The molecule has 2 aromatic carbocycles. The normalized spacial score (nSPS) is 10.3. The van der Waals surface area contributed by atoms with E-state index in [9.17, 15) is 9.18 Å². The summed E-state index contributed by atoms with van der Waals surface area (Å²) in [6.45, 7) is 1.44. The van der Waals surface area contributed by atoms with Crippen LogP contribution < -0.4 is 9.47 Å². The first kappa shape index (κ1) is 15.3. The molecule has 0 unspecified atom stereocenters. The molecule has 0 spiro atoms. The third-order valence-electron chi connectivity index (χ3n) is 2.97. The van der Waals surface area contributed by atoms with Crippen molar-refractivity contribution in [3.63, 3.8) is 0 Å². The number of hydrogen-bond acceptors (Lipinski definition) is 3. The minimum absolute atomic E-state index is 0.00352. The summed E-state index contributed by atoms with van der Waals surface area (Å²) in [4.78, 5) is 11.6. The van der Waals surface area contributed by atoms with E-state index in [1.54, 1.807) is 30.3 Å². The number of ether oxygens (including phenoxy) is 2. The number of benzene rings is 2. The number of hydrogen-bond donors (Lipinski definition) is 0. The average Bonchev–Trinajstić information content (AvgIpc) is 2.45. The molecule has 21 heavy (non-hydrogen) atoms. The molecule has 0 aliphatic heterocycles. The average molecular weight is 309 g/mol. The van der Waals surface area contributed by atoms with Gasteiger partial charge in [-0.25, -0.2) is 4.39 Å². The quantitative estimate of drug-likeness (QED) is 0.774. The number of carbonyl (C=O) groups excluding carboxylic acids is 1. The molecule has 110 valence electrons. The van der Waals surface area contributed by atoms with Crippen molar-refractivity contribution in [3.05, 3.63) is 58.4 Å². The minimum atomic E-state index is -0.449. The molecule has 0 saturated heterocycles. The smallest absolute Gasteiger partial charge is 0.163 e. The van der Waals surface area contributed by atoms with Gasteiger partial charge < -0.3 is 9.47 Å². The molecule has 0 N–H and O–H groups in total. The van der Waals surface area contributed by atoms with Gasteiger partial charge in [0.15, 0.2) is 5.78 Å². The third-order valence-corrected chi connectivity index (χ3v) is 3.20. The van der Waals surface area contributed by atoms with Crippen LogP contribution in [0.5, 0.6) is 11.5 Å². The number of ketones is 1. The van der Waals surface area contributed by atoms with E-state index in [1.807, 2.05) is 0 Å². The van der Waals surface area contributed by atoms with E-state index in [1.165, 1.54) is 20.1 Å². The van der Waals surface area contributed by atoms with Crippen molar-refractivity contribution in [2.45, 2.75) is 13.5 Å². The Bertz CT molecular complexity index is 671. The van der Waals surface area contributed by atoms with Gasteiger partial charge in [0.25, 0.3) is 0 Å². The Kier molecular flexibility index (Phi) is 4.81. The van der Waals surface area contributed by atoms with Crippen LogP contribution in [0.25, 0.3) is 0 Å². The Balaban J connectivity index is 2.24. The number of methoxy groups -OCH3 is 1. The zero-order valence-electron chi connectivity index (χ0n) is 11.7. The van der Waals surface area contributed by atoms with Crippen LogP contribution in [-0.2, 0) is 6.61 Å². The van der Waals surface area contributed by atoms with Crippen molar-refractivity contribution in [2.75, 3.05) is 7.11 Å². The molecule has 0 aliphatic rings. The van der Waals surface area contributed by atoms with Crippen molar-refractivity contribution >= 4 is 17.4 Å². The largest absolute Gasteiger partial charge is 0.497 e. The van der Waals surface area contributed by atoms with Gasteiger partial charge >= 0.3 is 0 Å². The first-order valence-corrected chi connectivity index (χ1v) is 6.64. The lowest BCUT2D eigenvalue weighted by Gasteiger charge is -2.12. The Morgan fingerprint density at radius 1 is 1.24 bits per heavy atom. The second kappa shape index (κ2) is 6.59. The molecular weight excluding hydrogens is 295 g/mol. The standard InChI is InChI=1S/C16H14ClFO3/c1-10(19)14-6-5-13(20-2)8-16(14)21-9-11-3-4-12(17)7-15(11)18/h3-8H,9H2,1-2H3. The van der Waals surface area contributed by atoms with Gasteiger partial charge in [-0.05, 0) is 31.2 Å². The van der Waals surface area contributed by atoms with Crippen molar-refractivity contribution in [3.8, 4) is 11.5 Å². The molecule has 0 radical (unpaired) electrons. The van der Waals surface area contributed by atoms with Crippen LogP contribution in [0.4, 0.5) is 4.39 Å². The lowest BCUT2D eigenvalue weighted by Crippen LogP contribution is -2.03. The summed E-state index contributed by atoms with van der Waals surface area (Å²) in [7, 11) is 1.52. The second-order valence-corrected chi connectivity index (χ2v) is 4.88. The predicted molar refractivity (Wildman–Crippen MR) is 78.7 cm³/mol. The zero-order valence-corrected chi connectivity index (χ0v) is 12.4. The number of halogens is 2. The van der Waals surface area contributed by atoms with Gasteiger partial charge in [-0.3, -0.25) is 4.79 Å². The fourth-order valence-electron chi connectivity index (χ4n) is 1.83. The summed E-state index contributed by atoms with van der Waals surface area (Å²) in [6, 6.07) is 9.25. The van der Waals surface area contributed by atoms with Crippen molar-refractivity contribution in [1.82, 2.24) is 0 Å². The first-order chi connectivity index (χ1) is 10.0. The lowest BCUT2D eigenvalue weighted by atomic mass is 10.1. The molecule has 0 aromatic heterocycles. The summed E-state index contributed by atoms with van der Waals surface area (Å²) < 4.78 is 24.4. The van der Waals surface area contributed by atoms with Crippen LogP contribution in [0.1, 0.15) is 22.8 Å². The first-order valence-electron chi connectivity index (χ1n) is 6.27. The monoisotopic (exact) mass is 308 g/mol. The molecular formula is C16H14ClFO3. The highest BCUT2D eigenvalue weighted by molar-refractivity contribution is 6.30. The van der Waals surface area contributed by atoms with Crippen molar-refractivity contribution < 1.29 is 18.7 Å². The molecule has 0 amide bonds. The molecule has 2 aromatic rings. The maximum atomic E-state index is 13.7. The SMILES string of the molecule is COc1ccc(C(C)=O)c(OCc2ccc(Cl)cc2F)c1. The predicted octanol–water partition coefficient (Wildman–Crippen LogP) is 4.27. The Morgan fingerprint density at radius 2 is 2.00 bits per heavy atom. The highest BCUT2D eigenvalue weighted by atomic mass is 35.5. The van der Waals surface area contributed by atoms with Crippen LogP contribution in [0.15, 0.2) is 36.4 Å².